The van der Waals surface area contributed by atoms with Crippen LogP contribution in [-0.4, -0.2) is 68.0 Å². The smallest absolute Gasteiger partial charge is 0.255 e. The van der Waals surface area contributed by atoms with E-state index in [2.05, 4.69) is 39.6 Å². The highest BCUT2D eigenvalue weighted by Gasteiger charge is 2.23. The highest BCUT2D eigenvalue weighted by molar-refractivity contribution is 6.06. The summed E-state index contributed by atoms with van der Waals surface area (Å²) >= 11 is 0. The molecule has 1 saturated carbocycles. The van der Waals surface area contributed by atoms with Crippen LogP contribution in [0.2, 0.25) is 0 Å². The Hall–Kier alpha value is -3.68. The topological polar surface area (TPSA) is 73.9 Å². The van der Waals surface area contributed by atoms with E-state index in [0.717, 1.165) is 37.3 Å². The standard InChI is InChI=1S/C30H34N4O3/c1-33-15-17-34(18-16-33)20-29(35)32-27-19-25(11-14-28(27)37-21-22-7-8-22)30(36)31-26-12-9-24(10-13-26)23-5-3-2-4-6-23/h2-6,9-14,19,22H,7-8,15-18,20-21H2,1H3,(H,31,36)(H,32,35). The lowest BCUT2D eigenvalue weighted by Crippen LogP contribution is -2.47. The third-order valence-corrected chi connectivity index (χ3v) is 6.90. The van der Waals surface area contributed by atoms with E-state index in [0.29, 0.717) is 41.8 Å². The number of piperazine rings is 1. The Morgan fingerprint density at radius 1 is 0.865 bits per heavy atom. The molecule has 0 bridgehead atoms. The Labute approximate surface area is 218 Å². The summed E-state index contributed by atoms with van der Waals surface area (Å²) in [6.45, 7) is 4.57. The van der Waals surface area contributed by atoms with Gasteiger partial charge in [-0.25, -0.2) is 0 Å². The van der Waals surface area contributed by atoms with Crippen molar-refractivity contribution in [2.24, 2.45) is 5.92 Å². The predicted molar refractivity (Wildman–Crippen MR) is 147 cm³/mol. The van der Waals surface area contributed by atoms with Gasteiger partial charge in [0.1, 0.15) is 5.75 Å². The van der Waals surface area contributed by atoms with E-state index in [1.807, 2.05) is 42.5 Å². The molecule has 1 saturated heterocycles. The van der Waals surface area contributed by atoms with E-state index in [4.69, 9.17) is 4.74 Å². The molecule has 5 rings (SSSR count). The second-order valence-electron chi connectivity index (χ2n) is 9.99. The fourth-order valence-corrected chi connectivity index (χ4v) is 4.37. The van der Waals surface area contributed by atoms with Crippen LogP contribution in [0, 0.1) is 5.92 Å². The summed E-state index contributed by atoms with van der Waals surface area (Å²) in [5.74, 6) is 0.837. The first kappa shape index (κ1) is 25.0. The molecule has 1 heterocycles. The van der Waals surface area contributed by atoms with Gasteiger partial charge in [0.15, 0.2) is 0 Å². The molecule has 0 atom stereocenters. The zero-order valence-electron chi connectivity index (χ0n) is 21.3. The predicted octanol–water partition coefficient (Wildman–Crippen LogP) is 4.58. The van der Waals surface area contributed by atoms with Crippen LogP contribution in [-0.2, 0) is 4.79 Å². The fourth-order valence-electron chi connectivity index (χ4n) is 4.37. The summed E-state index contributed by atoms with van der Waals surface area (Å²) < 4.78 is 6.01. The molecule has 7 heteroatoms. The van der Waals surface area contributed by atoms with Gasteiger partial charge in [0, 0.05) is 37.4 Å². The van der Waals surface area contributed by atoms with E-state index in [1.54, 1.807) is 18.2 Å². The molecule has 0 spiro atoms. The van der Waals surface area contributed by atoms with Gasteiger partial charge in [0.2, 0.25) is 5.91 Å². The number of hydrogen-bond acceptors (Lipinski definition) is 5. The molecule has 3 aromatic carbocycles. The van der Waals surface area contributed by atoms with Gasteiger partial charge < -0.3 is 20.3 Å². The third-order valence-electron chi connectivity index (χ3n) is 6.90. The Bertz CT molecular complexity index is 1220. The molecule has 2 amide bonds. The van der Waals surface area contributed by atoms with Crippen LogP contribution >= 0.6 is 0 Å². The summed E-state index contributed by atoms with van der Waals surface area (Å²) in [4.78, 5) is 30.3. The molecule has 3 aromatic rings. The Morgan fingerprint density at radius 2 is 1.57 bits per heavy atom. The van der Waals surface area contributed by atoms with Crippen LogP contribution in [0.4, 0.5) is 11.4 Å². The molecule has 0 aromatic heterocycles. The number of rotatable bonds is 9. The number of hydrogen-bond donors (Lipinski definition) is 2. The first-order valence-electron chi connectivity index (χ1n) is 13.0. The monoisotopic (exact) mass is 498 g/mol. The number of nitrogens with one attached hydrogen (secondary N) is 2. The molecule has 192 valence electrons. The van der Waals surface area contributed by atoms with Gasteiger partial charge in [-0.2, -0.15) is 0 Å². The second kappa shape index (κ2) is 11.6. The van der Waals surface area contributed by atoms with E-state index >= 15 is 0 Å². The van der Waals surface area contributed by atoms with E-state index in [-0.39, 0.29) is 11.8 Å². The molecule has 37 heavy (non-hydrogen) atoms. The summed E-state index contributed by atoms with van der Waals surface area (Å²) in [6.07, 6.45) is 2.35. The minimum Gasteiger partial charge on any atom is -0.491 e. The second-order valence-corrected chi connectivity index (χ2v) is 9.99. The Morgan fingerprint density at radius 3 is 2.27 bits per heavy atom. The zero-order valence-corrected chi connectivity index (χ0v) is 21.3. The van der Waals surface area contributed by atoms with Gasteiger partial charge in [-0.05, 0) is 67.3 Å². The van der Waals surface area contributed by atoms with E-state index in [9.17, 15) is 9.59 Å². The van der Waals surface area contributed by atoms with Crippen molar-refractivity contribution >= 4 is 23.2 Å². The lowest BCUT2D eigenvalue weighted by molar-refractivity contribution is -0.117. The lowest BCUT2D eigenvalue weighted by atomic mass is 10.1. The summed E-state index contributed by atoms with van der Waals surface area (Å²) in [5, 5.41) is 5.96. The largest absolute Gasteiger partial charge is 0.491 e. The van der Waals surface area contributed by atoms with Crippen molar-refractivity contribution in [2.75, 3.05) is 57.0 Å². The number of amides is 2. The van der Waals surface area contributed by atoms with Crippen molar-refractivity contribution in [1.82, 2.24) is 9.80 Å². The van der Waals surface area contributed by atoms with Crippen LogP contribution < -0.4 is 15.4 Å². The van der Waals surface area contributed by atoms with E-state index < -0.39 is 0 Å². The number of carbonyl (C=O) groups excluding carboxylic acids is 2. The van der Waals surface area contributed by atoms with Crippen molar-refractivity contribution in [3.63, 3.8) is 0 Å². The van der Waals surface area contributed by atoms with Crippen molar-refractivity contribution in [2.45, 2.75) is 12.8 Å². The Balaban J connectivity index is 1.26. The maximum atomic E-state index is 13.1. The van der Waals surface area contributed by atoms with Gasteiger partial charge in [0.05, 0.1) is 18.8 Å². The highest BCUT2D eigenvalue weighted by atomic mass is 16.5. The fraction of sp³-hybridized carbons (Fsp3) is 0.333. The number of ether oxygens (including phenoxy) is 1. The maximum absolute atomic E-state index is 13.1. The summed E-state index contributed by atoms with van der Waals surface area (Å²) in [6, 6.07) is 23.1. The van der Waals surface area contributed by atoms with Gasteiger partial charge in [-0.1, -0.05) is 42.5 Å². The molecule has 7 nitrogen and oxygen atoms in total. The number of carbonyl (C=O) groups is 2. The van der Waals surface area contributed by atoms with Gasteiger partial charge in [0.25, 0.3) is 5.91 Å². The van der Waals surface area contributed by atoms with Crippen molar-refractivity contribution < 1.29 is 14.3 Å². The average molecular weight is 499 g/mol. The molecule has 2 fully saturated rings. The number of likely N-dealkylation sites (N-methyl/N-ethyl adjacent to an activating group) is 1. The van der Waals surface area contributed by atoms with E-state index in [1.165, 1.54) is 12.8 Å². The first-order valence-corrected chi connectivity index (χ1v) is 13.0. The zero-order chi connectivity index (χ0) is 25.6. The molecule has 1 aliphatic carbocycles. The van der Waals surface area contributed by atoms with Crippen LogP contribution in [0.3, 0.4) is 0 Å². The molecular weight excluding hydrogens is 464 g/mol. The SMILES string of the molecule is CN1CCN(CC(=O)Nc2cc(C(=O)Nc3ccc(-c4ccccc4)cc3)ccc2OCC2CC2)CC1. The molecule has 2 aliphatic rings. The lowest BCUT2D eigenvalue weighted by Gasteiger charge is -2.31. The van der Waals surface area contributed by atoms with Gasteiger partial charge >= 0.3 is 0 Å². The van der Waals surface area contributed by atoms with Gasteiger partial charge in [-0.15, -0.1) is 0 Å². The quantitative estimate of drug-likeness (QED) is 0.452. The van der Waals surface area contributed by atoms with Crippen molar-refractivity contribution in [1.29, 1.82) is 0 Å². The normalized spacial score (nSPS) is 16.2. The van der Waals surface area contributed by atoms with Crippen LogP contribution in [0.5, 0.6) is 5.75 Å². The van der Waals surface area contributed by atoms with Gasteiger partial charge in [-0.3, -0.25) is 14.5 Å². The molecular formula is C30H34N4O3. The maximum Gasteiger partial charge on any atom is 0.255 e. The summed E-state index contributed by atoms with van der Waals surface area (Å²) in [5.41, 5.74) is 3.91. The first-order chi connectivity index (χ1) is 18.0. The third kappa shape index (κ3) is 6.96. The number of benzene rings is 3. The average Bonchev–Trinajstić information content (AvgIpc) is 3.75. The van der Waals surface area contributed by atoms with Crippen LogP contribution in [0.25, 0.3) is 11.1 Å². The molecule has 0 radical (unpaired) electrons. The number of anilines is 2. The van der Waals surface area contributed by atoms with Crippen LogP contribution in [0.1, 0.15) is 23.2 Å². The van der Waals surface area contributed by atoms with Crippen LogP contribution in [0.15, 0.2) is 72.8 Å². The minimum absolute atomic E-state index is 0.102. The minimum atomic E-state index is -0.240. The summed E-state index contributed by atoms with van der Waals surface area (Å²) in [7, 11) is 2.09. The molecule has 1 aliphatic heterocycles. The highest BCUT2D eigenvalue weighted by Crippen LogP contribution is 2.32. The number of nitrogens with zero attached hydrogens (tertiary/aromatic N) is 2. The Kier molecular flexibility index (Phi) is 7.82. The van der Waals surface area contributed by atoms with Crippen molar-refractivity contribution in [3.8, 4) is 16.9 Å². The van der Waals surface area contributed by atoms with Crippen molar-refractivity contribution in [3.05, 3.63) is 78.4 Å². The molecule has 2 N–H and O–H groups in total. The molecule has 0 unspecified atom stereocenters.